The Morgan fingerprint density at radius 1 is 1.05 bits per heavy atom. The van der Waals surface area contributed by atoms with Crippen LogP contribution in [0.1, 0.15) is 30.9 Å². The summed E-state index contributed by atoms with van der Waals surface area (Å²) >= 11 is 0. The van der Waals surface area contributed by atoms with Crippen molar-refractivity contribution in [2.24, 2.45) is 0 Å². The molecule has 0 heterocycles. The third-order valence-electron chi connectivity index (χ3n) is 3.43. The molecule has 3 nitrogen and oxygen atoms in total. The van der Waals surface area contributed by atoms with Crippen molar-refractivity contribution >= 4 is 17.3 Å². The van der Waals surface area contributed by atoms with E-state index in [1.165, 1.54) is 5.56 Å². The number of aryl methyl sites for hydroxylation is 2. The van der Waals surface area contributed by atoms with Crippen LogP contribution in [0.15, 0.2) is 48.5 Å². The van der Waals surface area contributed by atoms with Crippen LogP contribution in [0.5, 0.6) is 0 Å². The molecule has 0 spiro atoms. The molecule has 0 fully saturated rings. The maximum Gasteiger partial charge on any atom is 0.224 e. The van der Waals surface area contributed by atoms with E-state index in [0.29, 0.717) is 6.42 Å². The van der Waals surface area contributed by atoms with Gasteiger partial charge in [-0.1, -0.05) is 43.7 Å². The SMILES string of the molecule is CCCc1ccccc1NC(=O)CCc1ccc(N)cc1. The van der Waals surface area contributed by atoms with E-state index in [4.69, 9.17) is 5.73 Å². The maximum atomic E-state index is 12.1. The van der Waals surface area contributed by atoms with Gasteiger partial charge in [0.2, 0.25) is 5.91 Å². The van der Waals surface area contributed by atoms with E-state index in [-0.39, 0.29) is 5.91 Å². The lowest BCUT2D eigenvalue weighted by Crippen LogP contribution is -2.13. The normalized spacial score (nSPS) is 10.3. The second-order valence-corrected chi connectivity index (χ2v) is 5.20. The predicted molar refractivity (Wildman–Crippen MR) is 88.2 cm³/mol. The molecule has 3 N–H and O–H groups in total. The number of para-hydroxylation sites is 1. The van der Waals surface area contributed by atoms with Gasteiger partial charge < -0.3 is 11.1 Å². The summed E-state index contributed by atoms with van der Waals surface area (Å²) in [7, 11) is 0. The summed E-state index contributed by atoms with van der Waals surface area (Å²) in [4.78, 5) is 12.1. The summed E-state index contributed by atoms with van der Waals surface area (Å²) in [5, 5.41) is 3.01. The lowest BCUT2D eigenvalue weighted by Gasteiger charge is -2.10. The minimum Gasteiger partial charge on any atom is -0.399 e. The first kappa shape index (κ1) is 15.1. The van der Waals surface area contributed by atoms with Gasteiger partial charge in [0.15, 0.2) is 0 Å². The standard InChI is InChI=1S/C18H22N2O/c1-2-5-15-6-3-4-7-17(15)20-18(21)13-10-14-8-11-16(19)12-9-14/h3-4,6-9,11-12H,2,5,10,13,19H2,1H3,(H,20,21). The molecule has 0 radical (unpaired) electrons. The molecule has 0 bridgehead atoms. The topological polar surface area (TPSA) is 55.1 Å². The molecular formula is C18H22N2O. The fourth-order valence-electron chi connectivity index (χ4n) is 2.28. The minimum absolute atomic E-state index is 0.0513. The molecule has 110 valence electrons. The first-order chi connectivity index (χ1) is 10.2. The van der Waals surface area contributed by atoms with E-state index in [0.717, 1.165) is 36.2 Å². The number of carbonyl (C=O) groups excluding carboxylic acids is 1. The molecule has 1 amide bonds. The van der Waals surface area contributed by atoms with Crippen molar-refractivity contribution < 1.29 is 4.79 Å². The third kappa shape index (κ3) is 4.63. The molecule has 0 saturated heterocycles. The van der Waals surface area contributed by atoms with Gasteiger partial charge >= 0.3 is 0 Å². The number of benzene rings is 2. The number of nitrogen functional groups attached to an aromatic ring is 1. The van der Waals surface area contributed by atoms with Crippen molar-refractivity contribution in [1.82, 2.24) is 0 Å². The summed E-state index contributed by atoms with van der Waals surface area (Å²) < 4.78 is 0. The summed E-state index contributed by atoms with van der Waals surface area (Å²) in [5.74, 6) is 0.0513. The molecule has 21 heavy (non-hydrogen) atoms. The molecule has 2 aromatic rings. The quantitative estimate of drug-likeness (QED) is 0.792. The van der Waals surface area contributed by atoms with E-state index in [1.54, 1.807) is 0 Å². The lowest BCUT2D eigenvalue weighted by atomic mass is 10.1. The van der Waals surface area contributed by atoms with Crippen molar-refractivity contribution in [2.75, 3.05) is 11.1 Å². The zero-order valence-corrected chi connectivity index (χ0v) is 12.4. The monoisotopic (exact) mass is 282 g/mol. The van der Waals surface area contributed by atoms with Gasteiger partial charge in [-0.3, -0.25) is 4.79 Å². The number of hydrogen-bond donors (Lipinski definition) is 2. The van der Waals surface area contributed by atoms with Crippen LogP contribution in [0, 0.1) is 0 Å². The summed E-state index contributed by atoms with van der Waals surface area (Å²) in [6.45, 7) is 2.14. The van der Waals surface area contributed by atoms with E-state index in [2.05, 4.69) is 18.3 Å². The molecule has 3 heteroatoms. The average Bonchev–Trinajstić information content (AvgIpc) is 2.49. The number of rotatable bonds is 6. The smallest absolute Gasteiger partial charge is 0.224 e. The number of nitrogens with one attached hydrogen (secondary N) is 1. The molecule has 0 aliphatic carbocycles. The van der Waals surface area contributed by atoms with Crippen molar-refractivity contribution in [3.63, 3.8) is 0 Å². The molecule has 0 unspecified atom stereocenters. The first-order valence-corrected chi connectivity index (χ1v) is 7.41. The van der Waals surface area contributed by atoms with Crippen molar-refractivity contribution in [3.05, 3.63) is 59.7 Å². The van der Waals surface area contributed by atoms with Crippen LogP contribution >= 0.6 is 0 Å². The summed E-state index contributed by atoms with van der Waals surface area (Å²) in [6, 6.07) is 15.7. The van der Waals surface area contributed by atoms with E-state index in [9.17, 15) is 4.79 Å². The second-order valence-electron chi connectivity index (χ2n) is 5.20. The number of carbonyl (C=O) groups is 1. The van der Waals surface area contributed by atoms with Crippen LogP contribution in [0.2, 0.25) is 0 Å². The number of amides is 1. The zero-order valence-electron chi connectivity index (χ0n) is 12.4. The Morgan fingerprint density at radius 3 is 2.48 bits per heavy atom. The highest BCUT2D eigenvalue weighted by Crippen LogP contribution is 2.17. The van der Waals surface area contributed by atoms with E-state index in [1.807, 2.05) is 42.5 Å². The maximum absolute atomic E-state index is 12.1. The Morgan fingerprint density at radius 2 is 1.76 bits per heavy atom. The Kier molecular flexibility index (Phi) is 5.38. The van der Waals surface area contributed by atoms with Gasteiger partial charge in [-0.05, 0) is 42.2 Å². The van der Waals surface area contributed by atoms with Crippen molar-refractivity contribution in [1.29, 1.82) is 0 Å². The number of anilines is 2. The van der Waals surface area contributed by atoms with Crippen LogP contribution in [0.4, 0.5) is 11.4 Å². The molecule has 0 aliphatic rings. The first-order valence-electron chi connectivity index (χ1n) is 7.41. The summed E-state index contributed by atoms with van der Waals surface area (Å²) in [5.41, 5.74) is 9.65. The zero-order chi connectivity index (χ0) is 15.1. The Hall–Kier alpha value is -2.29. The van der Waals surface area contributed by atoms with Crippen LogP contribution in [0.25, 0.3) is 0 Å². The Labute approximate surface area is 126 Å². The van der Waals surface area contributed by atoms with Gasteiger partial charge in [0.05, 0.1) is 0 Å². The molecule has 0 aromatic heterocycles. The van der Waals surface area contributed by atoms with Crippen LogP contribution < -0.4 is 11.1 Å². The highest BCUT2D eigenvalue weighted by atomic mass is 16.1. The summed E-state index contributed by atoms with van der Waals surface area (Å²) in [6.07, 6.45) is 3.25. The van der Waals surface area contributed by atoms with Crippen LogP contribution in [-0.2, 0) is 17.6 Å². The Bertz CT molecular complexity index is 590. The van der Waals surface area contributed by atoms with E-state index >= 15 is 0 Å². The highest BCUT2D eigenvalue weighted by Gasteiger charge is 2.06. The fraction of sp³-hybridized carbons (Fsp3) is 0.278. The average molecular weight is 282 g/mol. The predicted octanol–water partition coefficient (Wildman–Crippen LogP) is 3.79. The molecule has 0 saturated carbocycles. The largest absolute Gasteiger partial charge is 0.399 e. The fourth-order valence-corrected chi connectivity index (χ4v) is 2.28. The van der Waals surface area contributed by atoms with Gasteiger partial charge in [-0.25, -0.2) is 0 Å². The minimum atomic E-state index is 0.0513. The molecular weight excluding hydrogens is 260 g/mol. The van der Waals surface area contributed by atoms with Gasteiger partial charge in [-0.15, -0.1) is 0 Å². The molecule has 2 aromatic carbocycles. The van der Waals surface area contributed by atoms with Gasteiger partial charge in [0, 0.05) is 17.8 Å². The highest BCUT2D eigenvalue weighted by molar-refractivity contribution is 5.91. The number of hydrogen-bond acceptors (Lipinski definition) is 2. The van der Waals surface area contributed by atoms with Crippen molar-refractivity contribution in [2.45, 2.75) is 32.6 Å². The third-order valence-corrected chi connectivity index (χ3v) is 3.43. The van der Waals surface area contributed by atoms with Crippen molar-refractivity contribution in [3.8, 4) is 0 Å². The molecule has 0 atom stereocenters. The van der Waals surface area contributed by atoms with Crippen LogP contribution in [-0.4, -0.2) is 5.91 Å². The molecule has 0 aliphatic heterocycles. The van der Waals surface area contributed by atoms with Gasteiger partial charge in [-0.2, -0.15) is 0 Å². The van der Waals surface area contributed by atoms with Crippen LogP contribution in [0.3, 0.4) is 0 Å². The molecule has 2 rings (SSSR count). The Balaban J connectivity index is 1.91. The van der Waals surface area contributed by atoms with Gasteiger partial charge in [0.1, 0.15) is 0 Å². The second kappa shape index (κ2) is 7.48. The number of nitrogens with two attached hydrogens (primary N) is 1. The lowest BCUT2D eigenvalue weighted by molar-refractivity contribution is -0.116. The van der Waals surface area contributed by atoms with E-state index < -0.39 is 0 Å². The van der Waals surface area contributed by atoms with Gasteiger partial charge in [0.25, 0.3) is 0 Å².